The molecule has 4 rings (SSSR count). The molecule has 4 unspecified atom stereocenters. The van der Waals surface area contributed by atoms with Gasteiger partial charge in [0.25, 0.3) is 5.91 Å². The Morgan fingerprint density at radius 1 is 1.53 bits per heavy atom. The molecule has 1 saturated heterocycles. The molecule has 2 fully saturated rings. The summed E-state index contributed by atoms with van der Waals surface area (Å²) >= 11 is 0. The molecule has 3 heterocycles. The van der Waals surface area contributed by atoms with Gasteiger partial charge >= 0.3 is 0 Å². The SMILES string of the molecule is C=CC12CC(Nc3c(C(N)=O)cnn4cc(C#N)cc34)C(C)C1CN(S(C)(=O)=O)C2. The topological polar surface area (TPSA) is 134 Å². The Kier molecular flexibility index (Phi) is 4.63. The zero-order chi connectivity index (χ0) is 21.8. The zero-order valence-electron chi connectivity index (χ0n) is 16.9. The lowest BCUT2D eigenvalue weighted by Crippen LogP contribution is -2.34. The third kappa shape index (κ3) is 3.05. The number of carbonyl (C=O) groups excluding carboxylic acids is 1. The first kappa shape index (κ1) is 20.4. The third-order valence-corrected chi connectivity index (χ3v) is 7.93. The molecular formula is C20H24N6O3S. The number of nitrogens with one attached hydrogen (secondary N) is 1. The van der Waals surface area contributed by atoms with Crippen molar-refractivity contribution in [3.63, 3.8) is 0 Å². The van der Waals surface area contributed by atoms with E-state index in [0.717, 1.165) is 0 Å². The summed E-state index contributed by atoms with van der Waals surface area (Å²) in [6, 6.07) is 3.72. The van der Waals surface area contributed by atoms with Crippen LogP contribution in [0.15, 0.2) is 31.1 Å². The van der Waals surface area contributed by atoms with Gasteiger partial charge in [0.15, 0.2) is 0 Å². The highest BCUT2D eigenvalue weighted by Crippen LogP contribution is 2.53. The van der Waals surface area contributed by atoms with Gasteiger partial charge in [0.1, 0.15) is 6.07 Å². The Balaban J connectivity index is 1.71. The maximum Gasteiger partial charge on any atom is 0.252 e. The van der Waals surface area contributed by atoms with Crippen molar-refractivity contribution in [3.8, 4) is 6.07 Å². The lowest BCUT2D eigenvalue weighted by atomic mass is 9.79. The van der Waals surface area contributed by atoms with Gasteiger partial charge in [-0.25, -0.2) is 17.2 Å². The third-order valence-electron chi connectivity index (χ3n) is 6.72. The van der Waals surface area contributed by atoms with Gasteiger partial charge in [-0.1, -0.05) is 13.0 Å². The molecule has 2 aliphatic rings. The van der Waals surface area contributed by atoms with Crippen LogP contribution in [0, 0.1) is 28.6 Å². The van der Waals surface area contributed by atoms with Crippen molar-refractivity contribution in [2.45, 2.75) is 19.4 Å². The summed E-state index contributed by atoms with van der Waals surface area (Å²) in [6.07, 6.45) is 6.77. The number of fused-ring (bicyclic) bond motifs is 2. The fraction of sp³-hybridized carbons (Fsp3) is 0.450. The highest BCUT2D eigenvalue weighted by Gasteiger charge is 2.56. The lowest BCUT2D eigenvalue weighted by molar-refractivity contribution is 0.100. The maximum absolute atomic E-state index is 12.1. The number of hydrogen-bond acceptors (Lipinski definition) is 6. The summed E-state index contributed by atoms with van der Waals surface area (Å²) in [5.74, 6) is -0.382. The fourth-order valence-electron chi connectivity index (χ4n) is 5.07. The van der Waals surface area contributed by atoms with E-state index in [1.807, 2.05) is 6.08 Å². The van der Waals surface area contributed by atoms with E-state index in [2.05, 4.69) is 30.0 Å². The minimum atomic E-state index is -3.28. The molecular weight excluding hydrogens is 404 g/mol. The largest absolute Gasteiger partial charge is 0.380 e. The predicted octanol–water partition coefficient (Wildman–Crippen LogP) is 1.19. The van der Waals surface area contributed by atoms with Crippen LogP contribution in [-0.4, -0.2) is 53.6 Å². The van der Waals surface area contributed by atoms with Gasteiger partial charge in [-0.3, -0.25) is 4.79 Å². The second kappa shape index (κ2) is 6.82. The van der Waals surface area contributed by atoms with E-state index >= 15 is 0 Å². The Morgan fingerprint density at radius 3 is 2.83 bits per heavy atom. The number of hydrogen-bond donors (Lipinski definition) is 2. The van der Waals surface area contributed by atoms with Gasteiger partial charge < -0.3 is 11.1 Å². The van der Waals surface area contributed by atoms with Crippen molar-refractivity contribution in [2.24, 2.45) is 23.0 Å². The summed E-state index contributed by atoms with van der Waals surface area (Å²) in [5, 5.41) is 16.9. The Hall–Kier alpha value is -2.90. The van der Waals surface area contributed by atoms with Crippen LogP contribution < -0.4 is 11.1 Å². The molecule has 4 atom stereocenters. The molecule has 2 aromatic rings. The number of amides is 1. The Morgan fingerprint density at radius 2 is 2.27 bits per heavy atom. The molecule has 9 nitrogen and oxygen atoms in total. The molecule has 2 aromatic heterocycles. The highest BCUT2D eigenvalue weighted by atomic mass is 32.2. The van der Waals surface area contributed by atoms with Crippen molar-refractivity contribution >= 4 is 27.1 Å². The summed E-state index contributed by atoms with van der Waals surface area (Å²) in [7, 11) is -3.28. The van der Waals surface area contributed by atoms with Crippen molar-refractivity contribution in [3.05, 3.63) is 42.2 Å². The Bertz CT molecular complexity index is 1200. The van der Waals surface area contributed by atoms with Crippen LogP contribution in [-0.2, 0) is 10.0 Å². The van der Waals surface area contributed by atoms with E-state index < -0.39 is 15.9 Å². The van der Waals surface area contributed by atoms with Crippen LogP contribution in [0.5, 0.6) is 0 Å². The van der Waals surface area contributed by atoms with Gasteiger partial charge in [0.05, 0.1) is 34.8 Å². The predicted molar refractivity (Wildman–Crippen MR) is 112 cm³/mol. The van der Waals surface area contributed by atoms with Crippen LogP contribution in [0.4, 0.5) is 5.69 Å². The number of rotatable bonds is 5. The van der Waals surface area contributed by atoms with Gasteiger partial charge in [-0.15, -0.1) is 6.58 Å². The number of primary amides is 1. The molecule has 1 saturated carbocycles. The van der Waals surface area contributed by atoms with Gasteiger partial charge in [-0.05, 0) is 24.3 Å². The molecule has 1 amide bonds. The number of sulfonamides is 1. The van der Waals surface area contributed by atoms with E-state index in [-0.39, 0.29) is 28.9 Å². The van der Waals surface area contributed by atoms with Crippen LogP contribution in [0.25, 0.3) is 5.52 Å². The fourth-order valence-corrected chi connectivity index (χ4v) is 5.98. The van der Waals surface area contributed by atoms with Gasteiger partial charge in [-0.2, -0.15) is 10.4 Å². The van der Waals surface area contributed by atoms with Crippen LogP contribution in [0.1, 0.15) is 29.3 Å². The molecule has 0 bridgehead atoms. The van der Waals surface area contributed by atoms with E-state index in [0.29, 0.717) is 36.3 Å². The van der Waals surface area contributed by atoms with Crippen LogP contribution in [0.2, 0.25) is 0 Å². The van der Waals surface area contributed by atoms with Crippen molar-refractivity contribution in [1.82, 2.24) is 13.9 Å². The van der Waals surface area contributed by atoms with Crippen molar-refractivity contribution in [1.29, 1.82) is 5.26 Å². The number of aromatic nitrogens is 2. The minimum Gasteiger partial charge on any atom is -0.380 e. The van der Waals surface area contributed by atoms with E-state index in [9.17, 15) is 18.5 Å². The smallest absolute Gasteiger partial charge is 0.252 e. The molecule has 1 aliphatic carbocycles. The van der Waals surface area contributed by atoms with E-state index in [1.165, 1.54) is 16.8 Å². The average Bonchev–Trinajstić information content (AvgIpc) is 3.34. The molecule has 1 aliphatic heterocycles. The second-order valence-electron chi connectivity index (χ2n) is 8.38. The lowest BCUT2D eigenvalue weighted by Gasteiger charge is -2.25. The molecule has 0 spiro atoms. The first-order valence-corrected chi connectivity index (χ1v) is 11.5. The van der Waals surface area contributed by atoms with E-state index in [4.69, 9.17) is 5.73 Å². The Labute approximate surface area is 175 Å². The van der Waals surface area contributed by atoms with Crippen LogP contribution >= 0.6 is 0 Å². The van der Waals surface area contributed by atoms with Crippen molar-refractivity contribution in [2.75, 3.05) is 24.7 Å². The first-order valence-electron chi connectivity index (χ1n) is 9.66. The second-order valence-corrected chi connectivity index (χ2v) is 10.4. The molecule has 10 heteroatoms. The monoisotopic (exact) mass is 428 g/mol. The number of nitriles is 1. The first-order chi connectivity index (χ1) is 14.1. The summed E-state index contributed by atoms with van der Waals surface area (Å²) in [5.41, 5.74) is 7.05. The summed E-state index contributed by atoms with van der Waals surface area (Å²) in [4.78, 5) is 12.0. The summed E-state index contributed by atoms with van der Waals surface area (Å²) < 4.78 is 27.2. The summed E-state index contributed by atoms with van der Waals surface area (Å²) in [6.45, 7) is 6.94. The number of nitrogens with zero attached hydrogens (tertiary/aromatic N) is 4. The number of nitrogens with two attached hydrogens (primary N) is 1. The zero-order valence-corrected chi connectivity index (χ0v) is 17.7. The molecule has 30 heavy (non-hydrogen) atoms. The molecule has 0 aromatic carbocycles. The van der Waals surface area contributed by atoms with E-state index in [1.54, 1.807) is 16.8 Å². The minimum absolute atomic E-state index is 0.0283. The molecule has 158 valence electrons. The normalized spacial score (nSPS) is 28.9. The molecule has 3 N–H and O–H groups in total. The van der Waals surface area contributed by atoms with Gasteiger partial charge in [0, 0.05) is 30.7 Å². The maximum atomic E-state index is 12.1. The highest BCUT2D eigenvalue weighted by molar-refractivity contribution is 7.88. The quantitative estimate of drug-likeness (QED) is 0.687. The van der Waals surface area contributed by atoms with Gasteiger partial charge in [0.2, 0.25) is 10.0 Å². The number of anilines is 1. The molecule has 0 radical (unpaired) electrons. The number of carbonyl (C=O) groups is 1. The average molecular weight is 429 g/mol. The van der Waals surface area contributed by atoms with Crippen LogP contribution in [0.3, 0.4) is 0 Å². The standard InChI is InChI=1S/C20H24N6O3S/c1-4-20-6-16(12(2)15(20)10-25(11-20)30(3,28)29)24-18-14(19(22)27)8-23-26-9-13(7-21)5-17(18)26/h4-5,8-9,12,15-16,24H,1,6,10-11H2,2-3H3,(H2,22,27). The van der Waals surface area contributed by atoms with Crippen molar-refractivity contribution < 1.29 is 13.2 Å².